The maximum absolute atomic E-state index is 13.5. The second-order valence-corrected chi connectivity index (χ2v) is 4.92. The summed E-state index contributed by atoms with van der Waals surface area (Å²) in [6, 6.07) is 3.17. The number of rotatable bonds is 2. The van der Waals surface area contributed by atoms with Crippen molar-refractivity contribution in [3.63, 3.8) is 0 Å². The molecule has 1 atom stereocenters. The lowest BCUT2D eigenvalue weighted by Crippen LogP contribution is -2.41. The van der Waals surface area contributed by atoms with Gasteiger partial charge in [0.15, 0.2) is 6.10 Å². The molecule has 0 bridgehead atoms. The van der Waals surface area contributed by atoms with Crippen LogP contribution in [0.5, 0.6) is 5.75 Å². The number of aryl methyl sites for hydroxylation is 1. The van der Waals surface area contributed by atoms with Gasteiger partial charge in [-0.15, -0.1) is 0 Å². The molecule has 1 heterocycles. The first-order valence-electron chi connectivity index (χ1n) is 5.49. The Morgan fingerprint density at radius 3 is 2.63 bits per heavy atom. The fourth-order valence-corrected chi connectivity index (χ4v) is 2.25. The maximum atomic E-state index is 13.5. The second kappa shape index (κ2) is 4.49. The summed E-state index contributed by atoms with van der Waals surface area (Å²) in [4.78, 5) is 11.1. The van der Waals surface area contributed by atoms with Gasteiger partial charge < -0.3 is 9.84 Å². The lowest BCUT2D eigenvalue weighted by Gasteiger charge is -2.29. The van der Waals surface area contributed by atoms with E-state index in [0.717, 1.165) is 11.6 Å². The molecular weight excluding hydrogens is 278 g/mol. The number of ether oxygens (including phenoxy) is 1. The van der Waals surface area contributed by atoms with Gasteiger partial charge in [-0.3, -0.25) is 0 Å². The third-order valence-corrected chi connectivity index (χ3v) is 3.08. The van der Waals surface area contributed by atoms with Crippen LogP contribution in [0.25, 0.3) is 6.08 Å². The van der Waals surface area contributed by atoms with Crippen molar-refractivity contribution >= 4 is 23.6 Å². The fourth-order valence-electron chi connectivity index (χ4n) is 1.93. The van der Waals surface area contributed by atoms with E-state index in [9.17, 15) is 13.6 Å². The van der Waals surface area contributed by atoms with E-state index in [4.69, 9.17) is 21.4 Å². The largest absolute Gasteiger partial charge is 0.478 e. The van der Waals surface area contributed by atoms with E-state index in [1.165, 1.54) is 0 Å². The number of aliphatic carboxylic acids is 1. The molecule has 3 nitrogen and oxygen atoms in total. The molecule has 1 aliphatic heterocycles. The molecule has 1 N–H and O–H groups in total. The summed E-state index contributed by atoms with van der Waals surface area (Å²) in [7, 11) is 0. The standard InChI is InChI=1S/C13H11ClF2O3/c1-6-3-9(14)7-5-8(12(17)18)11(13(2,15)16)19-10(7)4-6/h3-5,11H,1-2H3,(H,17,18). The molecule has 0 saturated carbocycles. The van der Waals surface area contributed by atoms with Crippen LogP contribution in [0.2, 0.25) is 5.02 Å². The van der Waals surface area contributed by atoms with E-state index in [2.05, 4.69) is 0 Å². The van der Waals surface area contributed by atoms with Crippen LogP contribution in [0.1, 0.15) is 18.1 Å². The zero-order valence-electron chi connectivity index (χ0n) is 10.2. The molecule has 2 rings (SSSR count). The molecule has 19 heavy (non-hydrogen) atoms. The third kappa shape index (κ3) is 2.56. The molecule has 0 aliphatic carbocycles. The van der Waals surface area contributed by atoms with Crippen LogP contribution in [-0.2, 0) is 4.79 Å². The topological polar surface area (TPSA) is 46.5 Å². The van der Waals surface area contributed by atoms with E-state index in [1.807, 2.05) is 0 Å². The summed E-state index contributed by atoms with van der Waals surface area (Å²) < 4.78 is 32.1. The predicted octanol–water partition coefficient (Wildman–Crippen LogP) is 3.53. The molecular formula is C13H11ClF2O3. The Bertz CT molecular complexity index is 576. The van der Waals surface area contributed by atoms with Gasteiger partial charge in [-0.05, 0) is 30.7 Å². The smallest absolute Gasteiger partial charge is 0.335 e. The Balaban J connectivity index is 2.61. The van der Waals surface area contributed by atoms with Gasteiger partial charge in [0, 0.05) is 12.5 Å². The molecule has 1 aromatic rings. The monoisotopic (exact) mass is 288 g/mol. The molecule has 102 valence electrons. The van der Waals surface area contributed by atoms with E-state index >= 15 is 0 Å². The summed E-state index contributed by atoms with van der Waals surface area (Å²) in [5, 5.41) is 9.29. The summed E-state index contributed by atoms with van der Waals surface area (Å²) in [5.41, 5.74) is 0.546. The van der Waals surface area contributed by atoms with Crippen molar-refractivity contribution in [1.82, 2.24) is 0 Å². The first-order chi connectivity index (χ1) is 8.70. The Hall–Kier alpha value is -1.62. The van der Waals surface area contributed by atoms with E-state index in [0.29, 0.717) is 12.5 Å². The molecule has 0 amide bonds. The summed E-state index contributed by atoms with van der Waals surface area (Å²) in [6.45, 7) is 2.36. The highest BCUT2D eigenvalue weighted by molar-refractivity contribution is 6.32. The number of halogens is 3. The Morgan fingerprint density at radius 1 is 1.47 bits per heavy atom. The number of alkyl halides is 2. The zero-order valence-corrected chi connectivity index (χ0v) is 11.0. The van der Waals surface area contributed by atoms with Gasteiger partial charge >= 0.3 is 5.97 Å². The van der Waals surface area contributed by atoms with Gasteiger partial charge in [0.2, 0.25) is 0 Å². The molecule has 0 radical (unpaired) electrons. The lowest BCUT2D eigenvalue weighted by molar-refractivity contribution is -0.137. The average molecular weight is 289 g/mol. The minimum absolute atomic E-state index is 0.168. The van der Waals surface area contributed by atoms with Crippen molar-refractivity contribution < 1.29 is 23.4 Å². The van der Waals surface area contributed by atoms with E-state index in [1.54, 1.807) is 19.1 Å². The van der Waals surface area contributed by atoms with E-state index < -0.39 is 23.6 Å². The second-order valence-electron chi connectivity index (χ2n) is 4.52. The number of benzene rings is 1. The highest BCUT2D eigenvalue weighted by Gasteiger charge is 2.44. The first-order valence-corrected chi connectivity index (χ1v) is 5.87. The van der Waals surface area contributed by atoms with Crippen LogP contribution in [0.4, 0.5) is 8.78 Å². The Kier molecular flexibility index (Phi) is 3.26. The minimum Gasteiger partial charge on any atom is -0.478 e. The van der Waals surface area contributed by atoms with Gasteiger partial charge in [0.05, 0.1) is 10.6 Å². The Morgan fingerprint density at radius 2 is 2.11 bits per heavy atom. The molecule has 6 heteroatoms. The molecule has 0 saturated heterocycles. The van der Waals surface area contributed by atoms with Crippen LogP contribution in [0, 0.1) is 6.92 Å². The number of hydrogen-bond acceptors (Lipinski definition) is 2. The van der Waals surface area contributed by atoms with Crippen LogP contribution in [0.15, 0.2) is 17.7 Å². The minimum atomic E-state index is -3.31. The number of carboxylic acids is 1. The van der Waals surface area contributed by atoms with Crippen molar-refractivity contribution in [2.75, 3.05) is 0 Å². The van der Waals surface area contributed by atoms with Crippen molar-refractivity contribution in [2.24, 2.45) is 0 Å². The lowest BCUT2D eigenvalue weighted by atomic mass is 9.97. The van der Waals surface area contributed by atoms with Gasteiger partial charge in [-0.25, -0.2) is 13.6 Å². The quantitative estimate of drug-likeness (QED) is 0.905. The normalized spacial score (nSPS) is 18.4. The van der Waals surface area contributed by atoms with E-state index in [-0.39, 0.29) is 10.8 Å². The third-order valence-electron chi connectivity index (χ3n) is 2.77. The number of hydrogen-bond donors (Lipinski definition) is 1. The SMILES string of the molecule is Cc1cc(Cl)c2c(c1)OC(C(C)(F)F)C(C(=O)O)=C2. The Labute approximate surface area is 113 Å². The van der Waals surface area contributed by atoms with Gasteiger partial charge in [-0.1, -0.05) is 11.6 Å². The zero-order chi connectivity index (χ0) is 14.4. The van der Waals surface area contributed by atoms with Crippen LogP contribution < -0.4 is 4.74 Å². The van der Waals surface area contributed by atoms with Crippen molar-refractivity contribution in [2.45, 2.75) is 25.9 Å². The number of fused-ring (bicyclic) bond motifs is 1. The molecule has 1 aromatic carbocycles. The number of carboxylic acid groups (broad SMARTS) is 1. The predicted molar refractivity (Wildman–Crippen MR) is 66.8 cm³/mol. The van der Waals surface area contributed by atoms with Crippen LogP contribution in [0.3, 0.4) is 0 Å². The van der Waals surface area contributed by atoms with Crippen molar-refractivity contribution in [3.05, 3.63) is 33.9 Å². The summed E-state index contributed by atoms with van der Waals surface area (Å²) in [5.74, 6) is -4.59. The fraction of sp³-hybridized carbons (Fsp3) is 0.308. The molecule has 0 spiro atoms. The highest BCUT2D eigenvalue weighted by atomic mass is 35.5. The maximum Gasteiger partial charge on any atom is 0.335 e. The first kappa shape index (κ1) is 13.8. The van der Waals surface area contributed by atoms with Gasteiger partial charge in [-0.2, -0.15) is 0 Å². The molecule has 1 unspecified atom stereocenters. The molecule has 0 fully saturated rings. The van der Waals surface area contributed by atoms with Gasteiger partial charge in [0.1, 0.15) is 5.75 Å². The van der Waals surface area contributed by atoms with Crippen molar-refractivity contribution in [1.29, 1.82) is 0 Å². The molecule has 1 aliphatic rings. The van der Waals surface area contributed by atoms with Crippen LogP contribution >= 0.6 is 11.6 Å². The summed E-state index contributed by atoms with van der Waals surface area (Å²) >= 11 is 5.97. The summed E-state index contributed by atoms with van der Waals surface area (Å²) in [6.07, 6.45) is -0.680. The number of carbonyl (C=O) groups is 1. The average Bonchev–Trinajstić information content (AvgIpc) is 2.25. The highest BCUT2D eigenvalue weighted by Crippen LogP contribution is 2.39. The molecule has 0 aromatic heterocycles. The van der Waals surface area contributed by atoms with Gasteiger partial charge in [0.25, 0.3) is 5.92 Å². The van der Waals surface area contributed by atoms with Crippen LogP contribution in [-0.4, -0.2) is 23.1 Å². The van der Waals surface area contributed by atoms with Crippen molar-refractivity contribution in [3.8, 4) is 5.75 Å².